The predicted octanol–water partition coefficient (Wildman–Crippen LogP) is 6.73. The number of hydrogen-bond acceptors (Lipinski definition) is 2. The smallest absolute Gasteiger partial charge is 0.338 e. The first-order valence-electron chi connectivity index (χ1n) is 7.81. The Balaban J connectivity index is 1.74. The van der Waals surface area contributed by atoms with Gasteiger partial charge in [0.05, 0.1) is 21.8 Å². The maximum Gasteiger partial charge on any atom is 0.416 e. The molecule has 27 heavy (non-hydrogen) atoms. The third kappa shape index (κ3) is 3.44. The third-order valence-electron chi connectivity index (χ3n) is 4.06. The Morgan fingerprint density at radius 2 is 1.70 bits per heavy atom. The number of rotatable bonds is 2. The van der Waals surface area contributed by atoms with Crippen LogP contribution in [0.2, 0.25) is 5.02 Å². The molecule has 0 spiro atoms. The van der Waals surface area contributed by atoms with Crippen molar-refractivity contribution in [2.45, 2.75) is 6.18 Å². The number of hydrogen-bond donors (Lipinski definition) is 1. The molecule has 2 aromatic carbocycles. The Labute approximate surface area is 165 Å². The van der Waals surface area contributed by atoms with Crippen molar-refractivity contribution in [1.29, 1.82) is 0 Å². The van der Waals surface area contributed by atoms with E-state index in [1.54, 1.807) is 18.3 Å². The minimum atomic E-state index is -4.43. The minimum Gasteiger partial charge on any atom is -0.338 e. The molecule has 0 aliphatic carbocycles. The second-order valence-corrected chi connectivity index (χ2v) is 7.11. The average molecular weight is 453 g/mol. The van der Waals surface area contributed by atoms with Crippen molar-refractivity contribution < 1.29 is 13.2 Å². The largest absolute Gasteiger partial charge is 0.416 e. The van der Waals surface area contributed by atoms with Crippen LogP contribution in [-0.4, -0.2) is 15.0 Å². The van der Waals surface area contributed by atoms with Crippen LogP contribution in [0.5, 0.6) is 0 Å². The van der Waals surface area contributed by atoms with Gasteiger partial charge >= 0.3 is 6.18 Å². The van der Waals surface area contributed by atoms with Crippen molar-refractivity contribution >= 4 is 38.6 Å². The molecule has 8 heteroatoms. The number of nitrogens with zero attached hydrogens (tertiary/aromatic N) is 2. The molecule has 2 heterocycles. The second kappa shape index (κ2) is 6.65. The fourth-order valence-electron chi connectivity index (χ4n) is 2.76. The Kier molecular flexibility index (Phi) is 4.44. The molecule has 1 N–H and O–H groups in total. The molecule has 3 nitrogen and oxygen atoms in total. The Hall–Kier alpha value is -2.38. The first-order valence-corrected chi connectivity index (χ1v) is 8.98. The lowest BCUT2D eigenvalue weighted by Crippen LogP contribution is -2.04. The lowest BCUT2D eigenvalue weighted by Gasteiger charge is -2.06. The van der Waals surface area contributed by atoms with Gasteiger partial charge in [0.25, 0.3) is 0 Å². The molecule has 0 bridgehead atoms. The molecule has 0 saturated carbocycles. The van der Waals surface area contributed by atoms with Gasteiger partial charge in [-0.3, -0.25) is 4.98 Å². The summed E-state index contributed by atoms with van der Waals surface area (Å²) in [5.41, 5.74) is 2.24. The van der Waals surface area contributed by atoms with Crippen LogP contribution in [0.25, 0.3) is 33.7 Å². The van der Waals surface area contributed by atoms with Crippen LogP contribution in [0.1, 0.15) is 5.56 Å². The molecule has 2 aromatic heterocycles. The number of aromatic amines is 1. The number of nitrogens with one attached hydrogen (secondary N) is 1. The van der Waals surface area contributed by atoms with E-state index in [2.05, 4.69) is 30.9 Å². The highest BCUT2D eigenvalue weighted by atomic mass is 79.9. The van der Waals surface area contributed by atoms with Crippen LogP contribution in [-0.2, 0) is 6.18 Å². The van der Waals surface area contributed by atoms with E-state index in [4.69, 9.17) is 11.6 Å². The fraction of sp³-hybridized carbons (Fsp3) is 0.0526. The van der Waals surface area contributed by atoms with E-state index in [1.807, 2.05) is 24.3 Å². The summed E-state index contributed by atoms with van der Waals surface area (Å²) in [4.78, 5) is 11.6. The van der Waals surface area contributed by atoms with Crippen LogP contribution in [0.3, 0.4) is 0 Å². The van der Waals surface area contributed by atoms with Gasteiger partial charge in [0, 0.05) is 21.8 Å². The van der Waals surface area contributed by atoms with E-state index in [9.17, 15) is 13.2 Å². The average Bonchev–Trinajstić information content (AvgIpc) is 3.06. The van der Waals surface area contributed by atoms with Gasteiger partial charge in [0.2, 0.25) is 0 Å². The van der Waals surface area contributed by atoms with E-state index in [0.29, 0.717) is 27.6 Å². The summed E-state index contributed by atoms with van der Waals surface area (Å²) in [6, 6.07) is 12.9. The maximum absolute atomic E-state index is 13.0. The number of H-pyrrole nitrogens is 1. The number of alkyl halides is 3. The third-order valence-corrected chi connectivity index (χ3v) is 4.97. The van der Waals surface area contributed by atoms with Crippen molar-refractivity contribution in [2.75, 3.05) is 0 Å². The molecule has 0 fully saturated rings. The molecular weight excluding hydrogens is 443 g/mol. The molecule has 0 unspecified atom stereocenters. The summed E-state index contributed by atoms with van der Waals surface area (Å²) < 4.78 is 39.3. The molecule has 4 aromatic rings. The molecule has 136 valence electrons. The van der Waals surface area contributed by atoms with Crippen molar-refractivity contribution in [2.24, 2.45) is 0 Å². The summed E-state index contributed by atoms with van der Waals surface area (Å²) in [5, 5.41) is 0.539. The number of fused-ring (bicyclic) bond motifs is 1. The van der Waals surface area contributed by atoms with Gasteiger partial charge in [-0.15, -0.1) is 0 Å². The molecular formula is C19H10BrClF3N3. The van der Waals surface area contributed by atoms with Crippen molar-refractivity contribution in [3.63, 3.8) is 0 Å². The van der Waals surface area contributed by atoms with E-state index in [-0.39, 0.29) is 4.47 Å². The zero-order valence-electron chi connectivity index (χ0n) is 13.5. The quantitative estimate of drug-likeness (QED) is 0.366. The topological polar surface area (TPSA) is 41.6 Å². The zero-order chi connectivity index (χ0) is 19.2. The van der Waals surface area contributed by atoms with E-state index < -0.39 is 11.7 Å². The molecule has 0 amide bonds. The van der Waals surface area contributed by atoms with Gasteiger partial charge in [0.15, 0.2) is 0 Å². The molecule has 0 atom stereocenters. The van der Waals surface area contributed by atoms with E-state index >= 15 is 0 Å². The maximum atomic E-state index is 13.0. The van der Waals surface area contributed by atoms with Crippen LogP contribution < -0.4 is 0 Å². The van der Waals surface area contributed by atoms with Gasteiger partial charge < -0.3 is 4.98 Å². The van der Waals surface area contributed by atoms with Gasteiger partial charge in [-0.25, -0.2) is 4.98 Å². The highest BCUT2D eigenvalue weighted by molar-refractivity contribution is 9.10. The first-order chi connectivity index (χ1) is 12.8. The Morgan fingerprint density at radius 3 is 2.37 bits per heavy atom. The Bertz CT molecular complexity index is 1140. The standard InChI is InChI=1S/C19H10BrClF3N3/c20-13-8-12(19(22,23)24)9-15-17(13)27-18(26-15)11-5-3-10(4-6-11)16-14(21)2-1-7-25-16/h1-9H,(H,26,27). The summed E-state index contributed by atoms with van der Waals surface area (Å²) in [5.74, 6) is 0.476. The van der Waals surface area contributed by atoms with Crippen LogP contribution in [0, 0.1) is 0 Å². The predicted molar refractivity (Wildman–Crippen MR) is 102 cm³/mol. The molecule has 0 aliphatic heterocycles. The number of aromatic nitrogens is 3. The minimum absolute atomic E-state index is 0.284. The molecule has 0 aliphatic rings. The number of halogens is 5. The van der Waals surface area contributed by atoms with Crippen molar-refractivity contribution in [3.8, 4) is 22.6 Å². The molecule has 4 rings (SSSR count). The van der Waals surface area contributed by atoms with Crippen LogP contribution >= 0.6 is 27.5 Å². The highest BCUT2D eigenvalue weighted by Crippen LogP contribution is 2.35. The van der Waals surface area contributed by atoms with Crippen molar-refractivity contribution in [1.82, 2.24) is 15.0 Å². The summed E-state index contributed by atoms with van der Waals surface area (Å²) in [6.07, 6.45) is -2.77. The lowest BCUT2D eigenvalue weighted by molar-refractivity contribution is -0.137. The number of imidazole rings is 1. The summed E-state index contributed by atoms with van der Waals surface area (Å²) >= 11 is 9.33. The van der Waals surface area contributed by atoms with Gasteiger partial charge in [-0.2, -0.15) is 13.2 Å². The zero-order valence-corrected chi connectivity index (χ0v) is 15.8. The second-order valence-electron chi connectivity index (χ2n) is 5.85. The van der Waals surface area contributed by atoms with Crippen LogP contribution in [0.4, 0.5) is 13.2 Å². The molecule has 0 radical (unpaired) electrons. The Morgan fingerprint density at radius 1 is 1.00 bits per heavy atom. The van der Waals surface area contributed by atoms with E-state index in [1.165, 1.54) is 0 Å². The number of benzene rings is 2. The SMILES string of the molecule is FC(F)(F)c1cc(Br)c2nc(-c3ccc(-c4ncccc4Cl)cc3)[nH]c2c1. The highest BCUT2D eigenvalue weighted by Gasteiger charge is 2.31. The first kappa shape index (κ1) is 18.0. The van der Waals surface area contributed by atoms with Gasteiger partial charge in [-0.05, 0) is 40.2 Å². The molecule has 0 saturated heterocycles. The normalized spacial score (nSPS) is 11.9. The summed E-state index contributed by atoms with van der Waals surface area (Å²) in [7, 11) is 0. The van der Waals surface area contributed by atoms with Crippen LogP contribution in [0.15, 0.2) is 59.2 Å². The summed E-state index contributed by atoms with van der Waals surface area (Å²) in [6.45, 7) is 0. The van der Waals surface area contributed by atoms with E-state index in [0.717, 1.165) is 23.3 Å². The monoisotopic (exact) mass is 451 g/mol. The lowest BCUT2D eigenvalue weighted by atomic mass is 10.1. The fourth-order valence-corrected chi connectivity index (χ4v) is 3.54. The van der Waals surface area contributed by atoms with Gasteiger partial charge in [-0.1, -0.05) is 35.9 Å². The van der Waals surface area contributed by atoms with Crippen molar-refractivity contribution in [3.05, 3.63) is 69.8 Å². The number of pyridine rings is 1. The van der Waals surface area contributed by atoms with Gasteiger partial charge in [0.1, 0.15) is 11.3 Å².